The Balaban J connectivity index is 1.58. The molecule has 140 valence electrons. The SMILES string of the molecule is COc1ccccc1-c1nnc(SCCC(=O)Nc2ccc(F)cc2)n1N. The molecule has 0 atom stereocenters. The lowest BCUT2D eigenvalue weighted by Crippen LogP contribution is -2.14. The number of carbonyl (C=O) groups is 1. The highest BCUT2D eigenvalue weighted by Gasteiger charge is 2.16. The van der Waals surface area contributed by atoms with Crippen LogP contribution in [0.15, 0.2) is 53.7 Å². The minimum Gasteiger partial charge on any atom is -0.496 e. The van der Waals surface area contributed by atoms with Gasteiger partial charge in [-0.25, -0.2) is 9.07 Å². The molecule has 27 heavy (non-hydrogen) atoms. The number of ether oxygens (including phenoxy) is 1. The Labute approximate surface area is 159 Å². The van der Waals surface area contributed by atoms with E-state index in [9.17, 15) is 9.18 Å². The molecule has 1 aromatic heterocycles. The molecule has 0 bridgehead atoms. The van der Waals surface area contributed by atoms with E-state index in [4.69, 9.17) is 10.6 Å². The van der Waals surface area contributed by atoms with Crippen LogP contribution in [-0.2, 0) is 4.79 Å². The number of hydrogen-bond donors (Lipinski definition) is 2. The van der Waals surface area contributed by atoms with Crippen molar-refractivity contribution in [3.05, 3.63) is 54.3 Å². The Morgan fingerprint density at radius 2 is 1.96 bits per heavy atom. The molecule has 0 aliphatic heterocycles. The molecule has 9 heteroatoms. The Kier molecular flexibility index (Phi) is 5.92. The number of aromatic nitrogens is 3. The zero-order valence-corrected chi connectivity index (χ0v) is 15.4. The van der Waals surface area contributed by atoms with E-state index in [-0.39, 0.29) is 18.1 Å². The molecule has 0 radical (unpaired) electrons. The fourth-order valence-electron chi connectivity index (χ4n) is 2.38. The number of hydrogen-bond acceptors (Lipinski definition) is 6. The van der Waals surface area contributed by atoms with Gasteiger partial charge in [-0.1, -0.05) is 23.9 Å². The van der Waals surface area contributed by atoms with Gasteiger partial charge in [0.05, 0.1) is 12.7 Å². The third-order valence-electron chi connectivity index (χ3n) is 3.70. The van der Waals surface area contributed by atoms with E-state index in [1.54, 1.807) is 7.11 Å². The van der Waals surface area contributed by atoms with Gasteiger partial charge in [0.1, 0.15) is 11.6 Å². The maximum Gasteiger partial charge on any atom is 0.225 e. The Hall–Kier alpha value is -3.07. The van der Waals surface area contributed by atoms with Crippen LogP contribution < -0.4 is 15.9 Å². The number of thioether (sulfide) groups is 1. The molecule has 0 unspecified atom stereocenters. The third kappa shape index (κ3) is 4.56. The molecule has 0 aliphatic carbocycles. The third-order valence-corrected chi connectivity index (χ3v) is 4.65. The minimum absolute atomic E-state index is 0.179. The molecule has 1 heterocycles. The molecule has 3 rings (SSSR count). The van der Waals surface area contributed by atoms with Crippen molar-refractivity contribution < 1.29 is 13.9 Å². The van der Waals surface area contributed by atoms with Gasteiger partial charge in [-0.2, -0.15) is 0 Å². The summed E-state index contributed by atoms with van der Waals surface area (Å²) < 4.78 is 19.6. The van der Waals surface area contributed by atoms with Crippen LogP contribution in [0.4, 0.5) is 10.1 Å². The Morgan fingerprint density at radius 1 is 1.22 bits per heavy atom. The van der Waals surface area contributed by atoms with Crippen LogP contribution in [0.25, 0.3) is 11.4 Å². The molecule has 1 amide bonds. The van der Waals surface area contributed by atoms with Gasteiger partial charge in [0.15, 0.2) is 5.82 Å². The zero-order chi connectivity index (χ0) is 19.2. The lowest BCUT2D eigenvalue weighted by atomic mass is 10.2. The first-order valence-corrected chi connectivity index (χ1v) is 9.09. The number of carbonyl (C=O) groups excluding carboxylic acids is 1. The number of amides is 1. The van der Waals surface area contributed by atoms with E-state index in [1.807, 2.05) is 24.3 Å². The van der Waals surface area contributed by atoms with Crippen LogP contribution >= 0.6 is 11.8 Å². The quantitative estimate of drug-likeness (QED) is 0.478. The predicted octanol–water partition coefficient (Wildman–Crippen LogP) is 2.93. The van der Waals surface area contributed by atoms with Crippen molar-refractivity contribution in [2.24, 2.45) is 0 Å². The standard InChI is InChI=1S/C18H18FN5O2S/c1-26-15-5-3-2-4-14(15)17-22-23-18(24(17)20)27-11-10-16(25)21-13-8-6-12(19)7-9-13/h2-9H,10-11,20H2,1H3,(H,21,25). The number of anilines is 1. The van der Waals surface area contributed by atoms with Crippen LogP contribution in [0.5, 0.6) is 5.75 Å². The predicted molar refractivity (Wildman–Crippen MR) is 103 cm³/mol. The van der Waals surface area contributed by atoms with Gasteiger partial charge >= 0.3 is 0 Å². The van der Waals surface area contributed by atoms with Crippen LogP contribution in [0.3, 0.4) is 0 Å². The van der Waals surface area contributed by atoms with E-state index in [0.29, 0.717) is 28.2 Å². The second kappa shape index (κ2) is 8.54. The number of para-hydroxylation sites is 1. The fraction of sp³-hybridized carbons (Fsp3) is 0.167. The summed E-state index contributed by atoms with van der Waals surface area (Å²) in [5.41, 5.74) is 1.28. The first-order valence-electron chi connectivity index (χ1n) is 8.10. The maximum atomic E-state index is 12.9. The monoisotopic (exact) mass is 387 g/mol. The number of methoxy groups -OCH3 is 1. The number of nitrogen functional groups attached to an aromatic ring is 1. The van der Waals surface area contributed by atoms with E-state index < -0.39 is 0 Å². The van der Waals surface area contributed by atoms with Crippen LogP contribution in [0.2, 0.25) is 0 Å². The first-order chi connectivity index (χ1) is 13.1. The molecule has 0 fully saturated rings. The van der Waals surface area contributed by atoms with E-state index in [1.165, 1.54) is 40.7 Å². The zero-order valence-electron chi connectivity index (χ0n) is 14.6. The average molecular weight is 387 g/mol. The lowest BCUT2D eigenvalue weighted by molar-refractivity contribution is -0.115. The van der Waals surface area contributed by atoms with Crippen molar-refractivity contribution in [2.45, 2.75) is 11.6 Å². The summed E-state index contributed by atoms with van der Waals surface area (Å²) in [6.45, 7) is 0. The molecule has 0 spiro atoms. The van der Waals surface area contributed by atoms with Crippen molar-refractivity contribution >= 4 is 23.4 Å². The van der Waals surface area contributed by atoms with Crippen molar-refractivity contribution in [1.29, 1.82) is 0 Å². The van der Waals surface area contributed by atoms with E-state index in [2.05, 4.69) is 15.5 Å². The van der Waals surface area contributed by atoms with Crippen LogP contribution in [0.1, 0.15) is 6.42 Å². The Bertz CT molecular complexity index is 930. The normalized spacial score (nSPS) is 10.6. The number of nitrogens with zero attached hydrogens (tertiary/aromatic N) is 3. The molecule has 7 nitrogen and oxygen atoms in total. The van der Waals surface area contributed by atoms with E-state index in [0.717, 1.165) is 5.56 Å². The van der Waals surface area contributed by atoms with Gasteiger partial charge in [0.25, 0.3) is 0 Å². The second-order valence-corrected chi connectivity index (χ2v) is 6.59. The van der Waals surface area contributed by atoms with Gasteiger partial charge in [0, 0.05) is 17.9 Å². The second-order valence-electron chi connectivity index (χ2n) is 5.53. The summed E-state index contributed by atoms with van der Waals surface area (Å²) in [7, 11) is 1.57. The number of rotatable bonds is 7. The number of nitrogens with one attached hydrogen (secondary N) is 1. The van der Waals surface area contributed by atoms with Gasteiger partial charge in [-0.3, -0.25) is 4.79 Å². The average Bonchev–Trinajstić information content (AvgIpc) is 3.04. The van der Waals surface area contributed by atoms with Crippen LogP contribution in [-0.4, -0.2) is 33.6 Å². The fourth-order valence-corrected chi connectivity index (χ4v) is 3.17. The first kappa shape index (κ1) is 18.7. The minimum atomic E-state index is -0.350. The maximum absolute atomic E-state index is 12.9. The van der Waals surface area contributed by atoms with Gasteiger partial charge in [-0.15, -0.1) is 10.2 Å². The molecule has 0 saturated heterocycles. The summed E-state index contributed by atoms with van der Waals surface area (Å²) in [6.07, 6.45) is 0.249. The lowest BCUT2D eigenvalue weighted by Gasteiger charge is -2.08. The number of benzene rings is 2. The van der Waals surface area contributed by atoms with Gasteiger partial charge < -0.3 is 15.9 Å². The number of halogens is 1. The molecular formula is C18H18FN5O2S. The highest BCUT2D eigenvalue weighted by molar-refractivity contribution is 7.99. The molecule has 0 aliphatic rings. The summed E-state index contributed by atoms with van der Waals surface area (Å²) in [5.74, 6) is 7.15. The van der Waals surface area contributed by atoms with E-state index >= 15 is 0 Å². The summed E-state index contributed by atoms with van der Waals surface area (Å²) in [4.78, 5) is 12.0. The van der Waals surface area contributed by atoms with Crippen LogP contribution in [0, 0.1) is 5.82 Å². The molecule has 0 saturated carbocycles. The Morgan fingerprint density at radius 3 is 2.70 bits per heavy atom. The number of nitrogens with two attached hydrogens (primary N) is 1. The smallest absolute Gasteiger partial charge is 0.225 e. The summed E-state index contributed by atoms with van der Waals surface area (Å²) in [5, 5.41) is 11.4. The molecule has 3 N–H and O–H groups in total. The topological polar surface area (TPSA) is 95.1 Å². The van der Waals surface area contributed by atoms with Crippen molar-refractivity contribution in [2.75, 3.05) is 24.0 Å². The van der Waals surface area contributed by atoms with Gasteiger partial charge in [-0.05, 0) is 36.4 Å². The molecule has 2 aromatic carbocycles. The largest absolute Gasteiger partial charge is 0.496 e. The molecular weight excluding hydrogens is 369 g/mol. The van der Waals surface area contributed by atoms with Crippen molar-refractivity contribution in [3.63, 3.8) is 0 Å². The summed E-state index contributed by atoms with van der Waals surface area (Å²) in [6, 6.07) is 13.0. The van der Waals surface area contributed by atoms with Crippen molar-refractivity contribution in [1.82, 2.24) is 14.9 Å². The highest BCUT2D eigenvalue weighted by Crippen LogP contribution is 2.29. The van der Waals surface area contributed by atoms with Gasteiger partial charge in [0.2, 0.25) is 11.1 Å². The molecule has 3 aromatic rings. The summed E-state index contributed by atoms with van der Waals surface area (Å²) >= 11 is 1.32. The highest BCUT2D eigenvalue weighted by atomic mass is 32.2. The van der Waals surface area contributed by atoms with Crippen molar-refractivity contribution in [3.8, 4) is 17.1 Å².